The van der Waals surface area contributed by atoms with Crippen molar-refractivity contribution in [2.75, 3.05) is 31.2 Å². The van der Waals surface area contributed by atoms with Gasteiger partial charge in [0.2, 0.25) is 5.95 Å². The van der Waals surface area contributed by atoms with E-state index in [2.05, 4.69) is 38.6 Å². The van der Waals surface area contributed by atoms with Gasteiger partial charge >= 0.3 is 0 Å². The molecule has 4 N–H and O–H groups in total. The monoisotopic (exact) mass is 402 g/mol. The number of fused-ring (bicyclic) bond motifs is 2. The number of likely N-dealkylation sites (N-methyl/N-ethyl adjacent to an activating group) is 1. The minimum atomic E-state index is 0.570. The van der Waals surface area contributed by atoms with Gasteiger partial charge in [0.05, 0.1) is 35.2 Å². The standard InChI is InChI=1S/C22H26N8/c1-13-17(9-25-10-18(13)23)21-16-3-5-24-11-20(16)28-22(29-21)27-15-7-14-12-30(2)6-4-19(14)26-8-15/h7-10,24H,3-6,11-12,23H2,1-2H3,(H,27,28,29). The highest BCUT2D eigenvalue weighted by Crippen LogP contribution is 2.31. The van der Waals surface area contributed by atoms with E-state index in [1.54, 1.807) is 6.20 Å². The number of aromatic nitrogens is 4. The molecule has 0 amide bonds. The number of hydrogen-bond donors (Lipinski definition) is 3. The first-order chi connectivity index (χ1) is 14.6. The molecule has 8 nitrogen and oxygen atoms in total. The average molecular weight is 403 g/mol. The Morgan fingerprint density at radius 3 is 2.93 bits per heavy atom. The highest BCUT2D eigenvalue weighted by atomic mass is 15.1. The van der Waals surface area contributed by atoms with Crippen LogP contribution in [0.25, 0.3) is 11.3 Å². The normalized spacial score (nSPS) is 16.1. The van der Waals surface area contributed by atoms with E-state index in [0.717, 1.165) is 67.2 Å². The van der Waals surface area contributed by atoms with Crippen LogP contribution in [-0.4, -0.2) is 45.0 Å². The Balaban J connectivity index is 1.55. The number of nitrogens with two attached hydrogens (primary N) is 1. The molecule has 2 aliphatic rings. The number of rotatable bonds is 3. The van der Waals surface area contributed by atoms with Gasteiger partial charge in [0, 0.05) is 49.1 Å². The summed E-state index contributed by atoms with van der Waals surface area (Å²) in [4.78, 5) is 21.0. The van der Waals surface area contributed by atoms with Crippen molar-refractivity contribution in [3.63, 3.8) is 0 Å². The van der Waals surface area contributed by atoms with Crippen molar-refractivity contribution >= 4 is 17.3 Å². The van der Waals surface area contributed by atoms with Crippen LogP contribution in [0.2, 0.25) is 0 Å². The van der Waals surface area contributed by atoms with Crippen LogP contribution in [0.15, 0.2) is 24.7 Å². The summed E-state index contributed by atoms with van der Waals surface area (Å²) in [6.07, 6.45) is 7.27. The molecule has 5 heterocycles. The highest BCUT2D eigenvalue weighted by Gasteiger charge is 2.21. The van der Waals surface area contributed by atoms with E-state index in [0.29, 0.717) is 11.6 Å². The Labute approximate surface area is 176 Å². The third-order valence-electron chi connectivity index (χ3n) is 5.93. The molecular weight excluding hydrogens is 376 g/mol. The van der Waals surface area contributed by atoms with E-state index in [9.17, 15) is 0 Å². The molecule has 0 spiro atoms. The van der Waals surface area contributed by atoms with E-state index in [4.69, 9.17) is 15.7 Å². The minimum Gasteiger partial charge on any atom is -0.397 e. The predicted molar refractivity (Wildman–Crippen MR) is 117 cm³/mol. The summed E-state index contributed by atoms with van der Waals surface area (Å²) in [5.41, 5.74) is 15.2. The molecule has 0 saturated carbocycles. The van der Waals surface area contributed by atoms with Gasteiger partial charge in [-0.25, -0.2) is 9.97 Å². The van der Waals surface area contributed by atoms with Gasteiger partial charge < -0.3 is 21.3 Å². The van der Waals surface area contributed by atoms with E-state index in [1.165, 1.54) is 16.8 Å². The SMILES string of the molecule is Cc1c(N)cncc1-c1nc(Nc2cnc3c(c2)CN(C)CC3)nc2c1CCNC2. The second kappa shape index (κ2) is 7.62. The second-order valence-electron chi connectivity index (χ2n) is 8.09. The summed E-state index contributed by atoms with van der Waals surface area (Å²) in [6, 6.07) is 2.16. The lowest BCUT2D eigenvalue weighted by Gasteiger charge is -2.24. The van der Waals surface area contributed by atoms with E-state index >= 15 is 0 Å². The van der Waals surface area contributed by atoms with Gasteiger partial charge in [-0.2, -0.15) is 0 Å². The van der Waals surface area contributed by atoms with Crippen LogP contribution in [0.3, 0.4) is 0 Å². The minimum absolute atomic E-state index is 0.570. The molecule has 30 heavy (non-hydrogen) atoms. The van der Waals surface area contributed by atoms with Crippen molar-refractivity contribution in [1.82, 2.24) is 30.2 Å². The van der Waals surface area contributed by atoms with E-state index < -0.39 is 0 Å². The molecule has 0 aliphatic carbocycles. The fourth-order valence-electron chi connectivity index (χ4n) is 4.18. The highest BCUT2D eigenvalue weighted by molar-refractivity contribution is 5.73. The summed E-state index contributed by atoms with van der Waals surface area (Å²) < 4.78 is 0. The van der Waals surface area contributed by atoms with Crippen LogP contribution in [0.1, 0.15) is 28.1 Å². The summed E-state index contributed by atoms with van der Waals surface area (Å²) in [6.45, 7) is 5.60. The van der Waals surface area contributed by atoms with E-state index in [1.807, 2.05) is 19.3 Å². The first-order valence-electron chi connectivity index (χ1n) is 10.3. The van der Waals surface area contributed by atoms with Crippen molar-refractivity contribution in [2.24, 2.45) is 0 Å². The third-order valence-corrected chi connectivity index (χ3v) is 5.93. The Bertz CT molecular complexity index is 1110. The fraction of sp³-hybridized carbons (Fsp3) is 0.364. The molecular formula is C22H26N8. The van der Waals surface area contributed by atoms with Crippen molar-refractivity contribution < 1.29 is 0 Å². The topological polar surface area (TPSA) is 105 Å². The maximum Gasteiger partial charge on any atom is 0.228 e. The lowest BCUT2D eigenvalue weighted by atomic mass is 9.97. The molecule has 3 aromatic heterocycles. The van der Waals surface area contributed by atoms with Crippen molar-refractivity contribution in [3.05, 3.63) is 52.7 Å². The first-order valence-corrected chi connectivity index (χ1v) is 10.3. The lowest BCUT2D eigenvalue weighted by molar-refractivity contribution is 0.310. The summed E-state index contributed by atoms with van der Waals surface area (Å²) in [7, 11) is 2.14. The average Bonchev–Trinajstić information content (AvgIpc) is 2.75. The van der Waals surface area contributed by atoms with Gasteiger partial charge in [-0.05, 0) is 44.1 Å². The zero-order valence-electron chi connectivity index (χ0n) is 17.4. The number of nitrogen functional groups attached to an aromatic ring is 1. The van der Waals surface area contributed by atoms with Crippen LogP contribution in [0.5, 0.6) is 0 Å². The smallest absolute Gasteiger partial charge is 0.228 e. The van der Waals surface area contributed by atoms with Crippen LogP contribution in [-0.2, 0) is 25.9 Å². The molecule has 0 unspecified atom stereocenters. The molecule has 0 fully saturated rings. The third kappa shape index (κ3) is 3.48. The Morgan fingerprint density at radius 1 is 1.13 bits per heavy atom. The molecule has 154 valence electrons. The molecule has 0 aromatic carbocycles. The van der Waals surface area contributed by atoms with Gasteiger partial charge in [0.1, 0.15) is 0 Å². The number of nitrogens with zero attached hydrogens (tertiary/aromatic N) is 5. The first kappa shape index (κ1) is 18.9. The molecule has 3 aromatic rings. The fourth-order valence-corrected chi connectivity index (χ4v) is 4.18. The summed E-state index contributed by atoms with van der Waals surface area (Å²) in [5.74, 6) is 0.570. The number of pyridine rings is 2. The van der Waals surface area contributed by atoms with Gasteiger partial charge in [0.15, 0.2) is 0 Å². The van der Waals surface area contributed by atoms with Gasteiger partial charge in [0.25, 0.3) is 0 Å². The molecule has 8 heteroatoms. The number of anilines is 3. The Hall–Kier alpha value is -3.10. The predicted octanol–water partition coefficient (Wildman–Crippen LogP) is 2.20. The van der Waals surface area contributed by atoms with Gasteiger partial charge in [-0.3, -0.25) is 9.97 Å². The maximum atomic E-state index is 6.13. The molecule has 0 bridgehead atoms. The zero-order valence-corrected chi connectivity index (χ0v) is 17.4. The largest absolute Gasteiger partial charge is 0.397 e. The van der Waals surface area contributed by atoms with Crippen molar-refractivity contribution in [2.45, 2.75) is 32.9 Å². The molecule has 0 atom stereocenters. The Morgan fingerprint density at radius 2 is 2.03 bits per heavy atom. The molecule has 5 rings (SSSR count). The molecule has 0 saturated heterocycles. The van der Waals surface area contributed by atoms with Gasteiger partial charge in [-0.1, -0.05) is 0 Å². The number of hydrogen-bond acceptors (Lipinski definition) is 8. The summed E-state index contributed by atoms with van der Waals surface area (Å²) in [5, 5.41) is 6.79. The Kier molecular flexibility index (Phi) is 4.80. The van der Waals surface area contributed by atoms with Crippen LogP contribution in [0, 0.1) is 6.92 Å². The summed E-state index contributed by atoms with van der Waals surface area (Å²) >= 11 is 0. The van der Waals surface area contributed by atoms with Crippen LogP contribution in [0.4, 0.5) is 17.3 Å². The molecule has 2 aliphatic heterocycles. The van der Waals surface area contributed by atoms with Crippen LogP contribution < -0.4 is 16.4 Å². The maximum absolute atomic E-state index is 6.13. The van der Waals surface area contributed by atoms with Crippen molar-refractivity contribution in [3.8, 4) is 11.3 Å². The van der Waals surface area contributed by atoms with E-state index in [-0.39, 0.29) is 0 Å². The lowest BCUT2D eigenvalue weighted by Crippen LogP contribution is -2.27. The number of nitrogens with one attached hydrogen (secondary N) is 2. The van der Waals surface area contributed by atoms with Gasteiger partial charge in [-0.15, -0.1) is 0 Å². The second-order valence-corrected chi connectivity index (χ2v) is 8.09. The zero-order chi connectivity index (χ0) is 20.7. The van der Waals surface area contributed by atoms with Crippen molar-refractivity contribution in [1.29, 1.82) is 0 Å². The van der Waals surface area contributed by atoms with Crippen LogP contribution >= 0.6 is 0 Å². The molecule has 0 radical (unpaired) electrons. The quantitative estimate of drug-likeness (QED) is 0.612.